The fraction of sp³-hybridized carbons (Fsp3) is 0.500. The smallest absolute Gasteiger partial charge is 0.354 e. The van der Waals surface area contributed by atoms with Crippen LogP contribution >= 0.6 is 0 Å². The summed E-state index contributed by atoms with van der Waals surface area (Å²) < 4.78 is 5.23. The number of ether oxygens (including phenoxy) is 1. The van der Waals surface area contributed by atoms with E-state index in [9.17, 15) is 4.79 Å². The van der Waals surface area contributed by atoms with Crippen molar-refractivity contribution in [1.29, 1.82) is 0 Å². The first-order valence-electron chi connectivity index (χ1n) is 5.33. The molecule has 0 bridgehead atoms. The van der Waals surface area contributed by atoms with Gasteiger partial charge in [-0.05, 0) is 0 Å². The minimum absolute atomic E-state index is 0.00848. The van der Waals surface area contributed by atoms with Crippen molar-refractivity contribution in [2.24, 2.45) is 0 Å². The highest BCUT2D eigenvalue weighted by Gasteiger charge is 2.17. The van der Waals surface area contributed by atoms with E-state index in [-0.39, 0.29) is 5.69 Å². The van der Waals surface area contributed by atoms with Gasteiger partial charge >= 0.3 is 5.97 Å². The number of hydrogen-bond acceptors (Lipinski definition) is 6. The Morgan fingerprint density at radius 1 is 1.47 bits per heavy atom. The fourth-order valence-corrected chi connectivity index (χ4v) is 1.58. The van der Waals surface area contributed by atoms with Crippen molar-refractivity contribution in [3.05, 3.63) is 11.8 Å². The molecule has 0 radical (unpaired) electrons. The molecule has 2 rings (SSSR count). The lowest BCUT2D eigenvalue weighted by Gasteiger charge is -2.27. The highest BCUT2D eigenvalue weighted by molar-refractivity contribution is 5.86. The molecule has 1 aromatic rings. The van der Waals surface area contributed by atoms with E-state index in [1.54, 1.807) is 7.05 Å². The lowest BCUT2D eigenvalue weighted by molar-refractivity contribution is 0.0690. The lowest BCUT2D eigenvalue weighted by Crippen LogP contribution is -2.37. The van der Waals surface area contributed by atoms with Gasteiger partial charge in [0.1, 0.15) is 5.82 Å². The number of hydrogen-bond donors (Lipinski definition) is 2. The number of aromatic nitrogens is 2. The summed E-state index contributed by atoms with van der Waals surface area (Å²) in [6.07, 6.45) is 0. The van der Waals surface area contributed by atoms with Crippen molar-refractivity contribution in [1.82, 2.24) is 9.97 Å². The third-order valence-corrected chi connectivity index (χ3v) is 2.48. The summed E-state index contributed by atoms with van der Waals surface area (Å²) >= 11 is 0. The van der Waals surface area contributed by atoms with Gasteiger partial charge in [0.15, 0.2) is 5.69 Å². The van der Waals surface area contributed by atoms with E-state index in [1.165, 1.54) is 6.07 Å². The number of carboxylic acids is 1. The molecule has 0 spiro atoms. The van der Waals surface area contributed by atoms with E-state index in [1.807, 2.05) is 4.90 Å². The number of rotatable bonds is 3. The minimum Gasteiger partial charge on any atom is -0.477 e. The zero-order chi connectivity index (χ0) is 12.3. The van der Waals surface area contributed by atoms with Gasteiger partial charge < -0.3 is 20.1 Å². The SMILES string of the molecule is CNc1cc(C(=O)O)nc(N2CCOCC2)n1. The Morgan fingerprint density at radius 3 is 2.76 bits per heavy atom. The number of nitrogens with one attached hydrogen (secondary N) is 1. The van der Waals surface area contributed by atoms with Crippen LogP contribution in [-0.4, -0.2) is 54.4 Å². The molecule has 1 aliphatic heterocycles. The van der Waals surface area contributed by atoms with Gasteiger partial charge in [-0.3, -0.25) is 0 Å². The van der Waals surface area contributed by atoms with E-state index in [4.69, 9.17) is 9.84 Å². The molecule has 1 aromatic heterocycles. The summed E-state index contributed by atoms with van der Waals surface area (Å²) in [5.74, 6) is -0.130. The summed E-state index contributed by atoms with van der Waals surface area (Å²) in [4.78, 5) is 21.1. The second kappa shape index (κ2) is 4.96. The van der Waals surface area contributed by atoms with Crippen molar-refractivity contribution in [3.8, 4) is 0 Å². The summed E-state index contributed by atoms with van der Waals surface area (Å²) in [7, 11) is 1.69. The molecule has 0 aromatic carbocycles. The third-order valence-electron chi connectivity index (χ3n) is 2.48. The highest BCUT2D eigenvalue weighted by Crippen LogP contribution is 2.15. The summed E-state index contributed by atoms with van der Waals surface area (Å²) in [6.45, 7) is 2.56. The molecular formula is C10H14N4O3. The van der Waals surface area contributed by atoms with Gasteiger partial charge in [-0.2, -0.15) is 4.98 Å². The van der Waals surface area contributed by atoms with Crippen LogP contribution in [0.4, 0.5) is 11.8 Å². The first-order valence-corrected chi connectivity index (χ1v) is 5.33. The number of anilines is 2. The third kappa shape index (κ3) is 2.62. The highest BCUT2D eigenvalue weighted by atomic mass is 16.5. The average molecular weight is 238 g/mol. The van der Waals surface area contributed by atoms with Crippen LogP contribution in [0.25, 0.3) is 0 Å². The zero-order valence-corrected chi connectivity index (χ0v) is 9.51. The Morgan fingerprint density at radius 2 is 2.18 bits per heavy atom. The monoisotopic (exact) mass is 238 g/mol. The topological polar surface area (TPSA) is 87.6 Å². The molecule has 0 aliphatic carbocycles. The van der Waals surface area contributed by atoms with E-state index in [0.717, 1.165) is 0 Å². The van der Waals surface area contributed by atoms with Crippen LogP contribution < -0.4 is 10.2 Å². The van der Waals surface area contributed by atoms with Crippen LogP contribution in [0.1, 0.15) is 10.5 Å². The van der Waals surface area contributed by atoms with E-state index in [2.05, 4.69) is 15.3 Å². The second-order valence-corrected chi connectivity index (χ2v) is 3.59. The van der Waals surface area contributed by atoms with Crippen LogP contribution in [0.2, 0.25) is 0 Å². The van der Waals surface area contributed by atoms with Crippen molar-refractivity contribution in [2.75, 3.05) is 43.6 Å². The van der Waals surface area contributed by atoms with Gasteiger partial charge in [-0.25, -0.2) is 9.78 Å². The van der Waals surface area contributed by atoms with Crippen molar-refractivity contribution < 1.29 is 14.6 Å². The molecule has 0 amide bonds. The maximum atomic E-state index is 10.9. The van der Waals surface area contributed by atoms with Crippen LogP contribution in [-0.2, 0) is 4.74 Å². The minimum atomic E-state index is -1.06. The Bertz CT molecular complexity index is 418. The Hall–Kier alpha value is -1.89. The maximum absolute atomic E-state index is 10.9. The molecule has 1 fully saturated rings. The quantitative estimate of drug-likeness (QED) is 0.769. The number of nitrogens with zero attached hydrogens (tertiary/aromatic N) is 3. The van der Waals surface area contributed by atoms with E-state index < -0.39 is 5.97 Å². The van der Waals surface area contributed by atoms with Crippen LogP contribution in [0, 0.1) is 0 Å². The number of aromatic carboxylic acids is 1. The molecule has 0 saturated carbocycles. The number of carboxylic acid groups (broad SMARTS) is 1. The van der Waals surface area contributed by atoms with Crippen molar-refractivity contribution >= 4 is 17.7 Å². The molecular weight excluding hydrogens is 224 g/mol. The standard InChI is InChI=1S/C10H14N4O3/c1-11-8-6-7(9(15)16)12-10(13-8)14-2-4-17-5-3-14/h6H,2-5H2,1H3,(H,15,16)(H,11,12,13). The predicted octanol–water partition coefficient (Wildman–Crippen LogP) is 0.0531. The fourth-order valence-electron chi connectivity index (χ4n) is 1.58. The van der Waals surface area contributed by atoms with Crippen molar-refractivity contribution in [2.45, 2.75) is 0 Å². The summed E-state index contributed by atoms with van der Waals surface area (Å²) in [5, 5.41) is 11.8. The lowest BCUT2D eigenvalue weighted by atomic mass is 10.4. The van der Waals surface area contributed by atoms with E-state index in [0.29, 0.717) is 38.1 Å². The second-order valence-electron chi connectivity index (χ2n) is 3.59. The summed E-state index contributed by atoms with van der Waals surface area (Å²) in [5.41, 5.74) is -0.00848. The molecule has 2 N–H and O–H groups in total. The van der Waals surface area contributed by atoms with Gasteiger partial charge in [0.05, 0.1) is 13.2 Å². The largest absolute Gasteiger partial charge is 0.477 e. The molecule has 1 aliphatic rings. The van der Waals surface area contributed by atoms with Gasteiger partial charge in [0, 0.05) is 26.2 Å². The average Bonchev–Trinajstić information content (AvgIpc) is 2.39. The van der Waals surface area contributed by atoms with Gasteiger partial charge in [0.2, 0.25) is 5.95 Å². The molecule has 7 heteroatoms. The Labute approximate surface area is 98.4 Å². The Kier molecular flexibility index (Phi) is 3.38. The van der Waals surface area contributed by atoms with Gasteiger partial charge in [-0.1, -0.05) is 0 Å². The molecule has 92 valence electrons. The Balaban J connectivity index is 2.31. The maximum Gasteiger partial charge on any atom is 0.354 e. The summed E-state index contributed by atoms with van der Waals surface area (Å²) in [6, 6.07) is 1.41. The first-order chi connectivity index (χ1) is 8.20. The number of carbonyl (C=O) groups is 1. The predicted molar refractivity (Wildman–Crippen MR) is 61.6 cm³/mol. The van der Waals surface area contributed by atoms with Crippen LogP contribution in [0.5, 0.6) is 0 Å². The normalized spacial score (nSPS) is 15.7. The molecule has 7 nitrogen and oxygen atoms in total. The molecule has 0 atom stereocenters. The first kappa shape index (κ1) is 11.6. The van der Waals surface area contributed by atoms with Gasteiger partial charge in [-0.15, -0.1) is 0 Å². The zero-order valence-electron chi connectivity index (χ0n) is 9.51. The van der Waals surface area contributed by atoms with E-state index >= 15 is 0 Å². The molecule has 2 heterocycles. The molecule has 1 saturated heterocycles. The molecule has 0 unspecified atom stereocenters. The van der Waals surface area contributed by atoms with Crippen LogP contribution in [0.3, 0.4) is 0 Å². The number of morpholine rings is 1. The van der Waals surface area contributed by atoms with Crippen LogP contribution in [0.15, 0.2) is 6.07 Å². The molecule has 17 heavy (non-hydrogen) atoms. The van der Waals surface area contributed by atoms with Crippen molar-refractivity contribution in [3.63, 3.8) is 0 Å². The van der Waals surface area contributed by atoms with Gasteiger partial charge in [0.25, 0.3) is 0 Å².